The third kappa shape index (κ3) is 3.21. The summed E-state index contributed by atoms with van der Waals surface area (Å²) in [4.78, 5) is 17.3. The summed E-state index contributed by atoms with van der Waals surface area (Å²) in [6.07, 6.45) is 1.41. The second kappa shape index (κ2) is 6.57. The van der Waals surface area contributed by atoms with Crippen LogP contribution >= 0.6 is 0 Å². The number of amides is 2. The Morgan fingerprint density at radius 1 is 1.24 bits per heavy atom. The van der Waals surface area contributed by atoms with Crippen LogP contribution in [0.2, 0.25) is 0 Å². The van der Waals surface area contributed by atoms with Crippen LogP contribution in [-0.4, -0.2) is 35.6 Å². The zero-order valence-electron chi connectivity index (χ0n) is 13.5. The van der Waals surface area contributed by atoms with E-state index in [1.807, 2.05) is 30.5 Å². The minimum atomic E-state index is -0.451. The van der Waals surface area contributed by atoms with Crippen molar-refractivity contribution in [3.05, 3.63) is 66.1 Å². The normalized spacial score (nSPS) is 17.6. The van der Waals surface area contributed by atoms with Gasteiger partial charge in [0.1, 0.15) is 11.9 Å². The highest BCUT2D eigenvalue weighted by Crippen LogP contribution is 2.25. The number of urea groups is 1. The van der Waals surface area contributed by atoms with Gasteiger partial charge >= 0.3 is 6.03 Å². The van der Waals surface area contributed by atoms with Gasteiger partial charge in [-0.15, -0.1) is 0 Å². The molecule has 2 aromatic carbocycles. The third-order valence-corrected chi connectivity index (χ3v) is 4.41. The topological polar surface area (TPSA) is 57.4 Å². The Kier molecular flexibility index (Phi) is 4.11. The Bertz CT molecular complexity index is 908. The third-order valence-electron chi connectivity index (χ3n) is 4.41. The predicted molar refractivity (Wildman–Crippen MR) is 94.0 cm³/mol. The summed E-state index contributed by atoms with van der Waals surface area (Å²) in [5, 5.41) is 3.94. The molecule has 1 fully saturated rings. The van der Waals surface area contributed by atoms with Crippen molar-refractivity contribution in [1.29, 1.82) is 0 Å². The molecule has 1 aliphatic rings. The highest BCUT2D eigenvalue weighted by atomic mass is 19.1. The number of ether oxygens (including phenoxy) is 1. The van der Waals surface area contributed by atoms with Gasteiger partial charge in [-0.25, -0.2) is 9.18 Å². The first kappa shape index (κ1) is 15.7. The lowest BCUT2D eigenvalue weighted by molar-refractivity contribution is -0.0152. The second-order valence-corrected chi connectivity index (χ2v) is 6.04. The number of hydrogen-bond acceptors (Lipinski definition) is 2. The molecule has 0 radical (unpaired) electrons. The summed E-state index contributed by atoms with van der Waals surface area (Å²) in [6.45, 7) is 1.17. The highest BCUT2D eigenvalue weighted by molar-refractivity contribution is 5.92. The Hall–Kier alpha value is -2.86. The van der Waals surface area contributed by atoms with E-state index in [-0.39, 0.29) is 11.8 Å². The van der Waals surface area contributed by atoms with Gasteiger partial charge in [0.25, 0.3) is 0 Å². The lowest BCUT2D eigenvalue weighted by Gasteiger charge is -2.33. The van der Waals surface area contributed by atoms with E-state index < -0.39 is 6.10 Å². The number of nitrogens with one attached hydrogen (secondary N) is 2. The van der Waals surface area contributed by atoms with Crippen LogP contribution in [0.15, 0.2) is 54.7 Å². The first-order valence-electron chi connectivity index (χ1n) is 8.20. The summed E-state index contributed by atoms with van der Waals surface area (Å²) in [5.74, 6) is -0.312. The largest absolute Gasteiger partial charge is 0.370 e. The molecule has 128 valence electrons. The molecule has 0 aliphatic carbocycles. The quantitative estimate of drug-likeness (QED) is 0.744. The van der Waals surface area contributed by atoms with Crippen molar-refractivity contribution in [3.8, 4) is 0 Å². The second-order valence-electron chi connectivity index (χ2n) is 6.04. The van der Waals surface area contributed by atoms with Gasteiger partial charge in [-0.05, 0) is 30.3 Å². The monoisotopic (exact) mass is 339 g/mol. The molecule has 25 heavy (non-hydrogen) atoms. The first-order chi connectivity index (χ1) is 12.2. The van der Waals surface area contributed by atoms with E-state index >= 15 is 0 Å². The molecule has 2 N–H and O–H groups in total. The maximum absolute atomic E-state index is 14.0. The van der Waals surface area contributed by atoms with E-state index in [2.05, 4.69) is 10.3 Å². The molecule has 1 aromatic heterocycles. The molecule has 1 atom stereocenters. The number of carbonyl (C=O) groups excluding carboxylic acids is 1. The van der Waals surface area contributed by atoms with Crippen LogP contribution in [0.25, 0.3) is 10.9 Å². The van der Waals surface area contributed by atoms with Gasteiger partial charge in [0.15, 0.2) is 0 Å². The fourth-order valence-corrected chi connectivity index (χ4v) is 3.09. The van der Waals surface area contributed by atoms with Crippen molar-refractivity contribution in [2.45, 2.75) is 6.10 Å². The SMILES string of the molecule is O=C(Nc1ccc2[nH]ccc2c1)N1CCOC(c2ccccc2F)C1. The maximum Gasteiger partial charge on any atom is 0.322 e. The molecular formula is C19H18FN3O2. The van der Waals surface area contributed by atoms with Gasteiger partial charge < -0.3 is 19.9 Å². The minimum absolute atomic E-state index is 0.209. The van der Waals surface area contributed by atoms with Crippen LogP contribution in [0.5, 0.6) is 0 Å². The van der Waals surface area contributed by atoms with Gasteiger partial charge in [0, 0.05) is 34.9 Å². The highest BCUT2D eigenvalue weighted by Gasteiger charge is 2.27. The van der Waals surface area contributed by atoms with Crippen molar-refractivity contribution in [2.75, 3.05) is 25.0 Å². The van der Waals surface area contributed by atoms with E-state index in [1.54, 1.807) is 23.1 Å². The van der Waals surface area contributed by atoms with Crippen LogP contribution < -0.4 is 5.32 Å². The van der Waals surface area contributed by atoms with Gasteiger partial charge in [0.05, 0.1) is 13.2 Å². The number of aromatic amines is 1. The summed E-state index contributed by atoms with van der Waals surface area (Å²) in [5.41, 5.74) is 2.23. The van der Waals surface area contributed by atoms with Crippen LogP contribution in [-0.2, 0) is 4.74 Å². The Morgan fingerprint density at radius 3 is 3.00 bits per heavy atom. The van der Waals surface area contributed by atoms with Crippen molar-refractivity contribution >= 4 is 22.6 Å². The Labute approximate surface area is 144 Å². The number of halogens is 1. The number of aromatic nitrogens is 1. The van der Waals surface area contributed by atoms with E-state index in [1.165, 1.54) is 6.07 Å². The van der Waals surface area contributed by atoms with E-state index in [9.17, 15) is 9.18 Å². The summed E-state index contributed by atoms with van der Waals surface area (Å²) < 4.78 is 19.6. The smallest absolute Gasteiger partial charge is 0.322 e. The molecule has 5 nitrogen and oxygen atoms in total. The number of fused-ring (bicyclic) bond motifs is 1. The number of morpholine rings is 1. The number of nitrogens with zero attached hydrogens (tertiary/aromatic N) is 1. The molecule has 0 bridgehead atoms. The molecule has 3 aromatic rings. The van der Waals surface area contributed by atoms with Crippen molar-refractivity contribution < 1.29 is 13.9 Å². The number of anilines is 1. The van der Waals surface area contributed by atoms with Crippen LogP contribution in [0.3, 0.4) is 0 Å². The van der Waals surface area contributed by atoms with Gasteiger partial charge in [-0.3, -0.25) is 0 Å². The van der Waals surface area contributed by atoms with Crippen LogP contribution in [0.1, 0.15) is 11.7 Å². The van der Waals surface area contributed by atoms with Crippen molar-refractivity contribution in [3.63, 3.8) is 0 Å². The molecule has 4 rings (SSSR count). The maximum atomic E-state index is 14.0. The van der Waals surface area contributed by atoms with Crippen molar-refractivity contribution in [2.24, 2.45) is 0 Å². The number of rotatable bonds is 2. The Balaban J connectivity index is 1.47. The number of benzene rings is 2. The predicted octanol–water partition coefficient (Wildman–Crippen LogP) is 3.91. The molecule has 0 spiro atoms. The average Bonchev–Trinajstić information content (AvgIpc) is 3.10. The van der Waals surface area contributed by atoms with Crippen LogP contribution in [0.4, 0.5) is 14.9 Å². The van der Waals surface area contributed by atoms with E-state index in [4.69, 9.17) is 4.74 Å². The van der Waals surface area contributed by atoms with Crippen molar-refractivity contribution in [1.82, 2.24) is 9.88 Å². The molecule has 2 amide bonds. The fourth-order valence-electron chi connectivity index (χ4n) is 3.09. The van der Waals surface area contributed by atoms with E-state index in [0.29, 0.717) is 25.3 Å². The van der Waals surface area contributed by atoms with Gasteiger partial charge in [-0.2, -0.15) is 0 Å². The number of hydrogen-bond donors (Lipinski definition) is 2. The molecule has 2 heterocycles. The molecule has 1 aliphatic heterocycles. The lowest BCUT2D eigenvalue weighted by Crippen LogP contribution is -2.44. The Morgan fingerprint density at radius 2 is 2.12 bits per heavy atom. The number of H-pyrrole nitrogens is 1. The molecular weight excluding hydrogens is 321 g/mol. The molecule has 1 unspecified atom stereocenters. The summed E-state index contributed by atoms with van der Waals surface area (Å²) in [6, 6.07) is 13.9. The van der Waals surface area contributed by atoms with Gasteiger partial charge in [-0.1, -0.05) is 18.2 Å². The molecule has 6 heteroatoms. The zero-order chi connectivity index (χ0) is 17.2. The molecule has 1 saturated heterocycles. The minimum Gasteiger partial charge on any atom is -0.370 e. The zero-order valence-corrected chi connectivity index (χ0v) is 13.5. The first-order valence-corrected chi connectivity index (χ1v) is 8.20. The standard InChI is InChI=1S/C19H18FN3O2/c20-16-4-2-1-3-15(16)18-12-23(9-10-25-18)19(24)22-14-5-6-17-13(11-14)7-8-21-17/h1-8,11,18,21H,9-10,12H2,(H,22,24). The summed E-state index contributed by atoms with van der Waals surface area (Å²) in [7, 11) is 0. The van der Waals surface area contributed by atoms with Gasteiger partial charge in [0.2, 0.25) is 0 Å². The lowest BCUT2D eigenvalue weighted by atomic mass is 10.1. The average molecular weight is 339 g/mol. The van der Waals surface area contributed by atoms with Crippen LogP contribution in [0, 0.1) is 5.82 Å². The molecule has 0 saturated carbocycles. The number of carbonyl (C=O) groups is 1. The summed E-state index contributed by atoms with van der Waals surface area (Å²) >= 11 is 0. The fraction of sp³-hybridized carbons (Fsp3) is 0.211. The van der Waals surface area contributed by atoms with E-state index in [0.717, 1.165) is 16.6 Å².